The van der Waals surface area contributed by atoms with Gasteiger partial charge in [0.25, 0.3) is 5.91 Å². The fourth-order valence-electron chi connectivity index (χ4n) is 2.87. The Labute approximate surface area is 162 Å². The Balaban J connectivity index is 1.83. The van der Waals surface area contributed by atoms with Crippen molar-refractivity contribution in [2.75, 3.05) is 5.32 Å². The van der Waals surface area contributed by atoms with Crippen molar-refractivity contribution in [1.29, 1.82) is 0 Å². The molecule has 6 nitrogen and oxygen atoms in total. The van der Waals surface area contributed by atoms with Crippen molar-refractivity contribution in [3.8, 4) is 5.75 Å². The molecule has 3 amide bonds. The molecule has 2 aromatic carbocycles. The topological polar surface area (TPSA) is 79.5 Å². The molecule has 0 fully saturated rings. The first-order valence-electron chi connectivity index (χ1n) is 8.33. The first-order chi connectivity index (χ1) is 13.6. The van der Waals surface area contributed by atoms with Crippen LogP contribution in [0.3, 0.4) is 0 Å². The highest BCUT2D eigenvalue weighted by molar-refractivity contribution is 6.06. The van der Waals surface area contributed by atoms with Crippen molar-refractivity contribution in [3.05, 3.63) is 71.2 Å². The van der Waals surface area contributed by atoms with Crippen LogP contribution < -0.4 is 20.7 Å². The van der Waals surface area contributed by atoms with E-state index >= 15 is 0 Å². The fourth-order valence-corrected chi connectivity index (χ4v) is 2.87. The van der Waals surface area contributed by atoms with E-state index in [1.165, 1.54) is 37.3 Å². The summed E-state index contributed by atoms with van der Waals surface area (Å²) in [6, 6.07) is 8.54. The van der Waals surface area contributed by atoms with Gasteiger partial charge in [-0.15, -0.1) is 13.2 Å². The number of carbonyl (C=O) groups excluding carboxylic acids is 2. The molecule has 0 saturated heterocycles. The molecule has 0 radical (unpaired) electrons. The SMILES string of the molecule is CC1=C(C(=O)Nc2ccc(OC(F)(F)F)cc2)[C@H](c2cccc(F)c2)NC(=O)N1. The molecule has 0 aliphatic carbocycles. The largest absolute Gasteiger partial charge is 0.573 e. The fraction of sp³-hybridized carbons (Fsp3) is 0.158. The normalized spacial score (nSPS) is 16.7. The number of anilines is 1. The van der Waals surface area contributed by atoms with E-state index in [0.29, 0.717) is 5.56 Å². The Morgan fingerprint density at radius 3 is 2.45 bits per heavy atom. The smallest absolute Gasteiger partial charge is 0.406 e. The van der Waals surface area contributed by atoms with Gasteiger partial charge in [-0.2, -0.15) is 0 Å². The molecule has 1 aliphatic heterocycles. The van der Waals surface area contributed by atoms with Crippen LogP contribution in [0, 0.1) is 5.82 Å². The highest BCUT2D eigenvalue weighted by atomic mass is 19.4. The molecular weight excluding hydrogens is 394 g/mol. The van der Waals surface area contributed by atoms with Crippen molar-refractivity contribution in [2.45, 2.75) is 19.3 Å². The van der Waals surface area contributed by atoms with E-state index in [-0.39, 0.29) is 17.0 Å². The minimum Gasteiger partial charge on any atom is -0.406 e. The number of benzene rings is 2. The molecule has 0 unspecified atom stereocenters. The summed E-state index contributed by atoms with van der Waals surface area (Å²) in [7, 11) is 0. The molecule has 10 heteroatoms. The molecule has 0 saturated carbocycles. The lowest BCUT2D eigenvalue weighted by molar-refractivity contribution is -0.274. The molecule has 2 aromatic rings. The van der Waals surface area contributed by atoms with Crippen LogP contribution in [0.4, 0.5) is 28.0 Å². The Morgan fingerprint density at radius 2 is 1.83 bits per heavy atom. The summed E-state index contributed by atoms with van der Waals surface area (Å²) in [5.41, 5.74) is 0.960. The summed E-state index contributed by atoms with van der Waals surface area (Å²) in [5, 5.41) is 7.58. The maximum absolute atomic E-state index is 13.6. The summed E-state index contributed by atoms with van der Waals surface area (Å²) in [5.74, 6) is -1.59. The third-order valence-electron chi connectivity index (χ3n) is 4.04. The van der Waals surface area contributed by atoms with Crippen LogP contribution >= 0.6 is 0 Å². The second kappa shape index (κ2) is 7.82. The summed E-state index contributed by atoms with van der Waals surface area (Å²) < 4.78 is 54.1. The standard InChI is InChI=1S/C19H15F4N3O3/c1-10-15(16(26-18(28)24-10)11-3-2-4-12(20)9-11)17(27)25-13-5-7-14(8-6-13)29-19(21,22)23/h2-9,16H,1H3,(H,25,27)(H2,24,26,28)/t16-/m0/s1. The van der Waals surface area contributed by atoms with Gasteiger partial charge < -0.3 is 20.7 Å². The number of hydrogen-bond donors (Lipinski definition) is 3. The second-order valence-corrected chi connectivity index (χ2v) is 6.15. The zero-order valence-corrected chi connectivity index (χ0v) is 14.9. The van der Waals surface area contributed by atoms with E-state index in [4.69, 9.17) is 0 Å². The van der Waals surface area contributed by atoms with E-state index in [0.717, 1.165) is 12.1 Å². The summed E-state index contributed by atoms with van der Waals surface area (Å²) >= 11 is 0. The van der Waals surface area contributed by atoms with Gasteiger partial charge in [0.1, 0.15) is 11.6 Å². The van der Waals surface area contributed by atoms with Crippen LogP contribution in [-0.4, -0.2) is 18.3 Å². The number of nitrogens with one attached hydrogen (secondary N) is 3. The van der Waals surface area contributed by atoms with Gasteiger partial charge in [-0.05, 0) is 48.9 Å². The zero-order valence-electron chi connectivity index (χ0n) is 14.9. The van der Waals surface area contributed by atoms with E-state index in [1.807, 2.05) is 0 Å². The number of carbonyl (C=O) groups is 2. The zero-order chi connectivity index (χ0) is 21.2. The number of urea groups is 1. The Bertz CT molecular complexity index is 971. The number of alkyl halides is 3. The van der Waals surface area contributed by atoms with E-state index in [1.54, 1.807) is 6.07 Å². The number of rotatable bonds is 4. The van der Waals surface area contributed by atoms with Crippen molar-refractivity contribution in [3.63, 3.8) is 0 Å². The molecule has 29 heavy (non-hydrogen) atoms. The quantitative estimate of drug-likeness (QED) is 0.668. The molecule has 152 valence electrons. The van der Waals surface area contributed by atoms with E-state index < -0.39 is 35.9 Å². The predicted octanol–water partition coefficient (Wildman–Crippen LogP) is 3.99. The molecule has 0 aromatic heterocycles. The van der Waals surface area contributed by atoms with Crippen LogP contribution in [-0.2, 0) is 4.79 Å². The summed E-state index contributed by atoms with van der Waals surface area (Å²) in [6.07, 6.45) is -4.82. The molecule has 3 N–H and O–H groups in total. The summed E-state index contributed by atoms with van der Waals surface area (Å²) in [4.78, 5) is 24.6. The molecule has 0 bridgehead atoms. The third-order valence-corrected chi connectivity index (χ3v) is 4.04. The van der Waals surface area contributed by atoms with Crippen molar-refractivity contribution < 1.29 is 31.9 Å². The maximum atomic E-state index is 13.6. The van der Waals surface area contributed by atoms with Gasteiger partial charge in [0.2, 0.25) is 0 Å². The highest BCUT2D eigenvalue weighted by Gasteiger charge is 2.32. The number of halogens is 4. The van der Waals surface area contributed by atoms with Crippen molar-refractivity contribution in [2.24, 2.45) is 0 Å². The van der Waals surface area contributed by atoms with Crippen molar-refractivity contribution >= 4 is 17.6 Å². The van der Waals surface area contributed by atoms with Gasteiger partial charge in [0.05, 0.1) is 11.6 Å². The Hall–Kier alpha value is -3.56. The minimum absolute atomic E-state index is 0.130. The van der Waals surface area contributed by atoms with Crippen LogP contribution in [0.15, 0.2) is 59.8 Å². The van der Waals surface area contributed by atoms with Gasteiger partial charge in [-0.25, -0.2) is 9.18 Å². The van der Waals surface area contributed by atoms with Crippen LogP contribution in [0.1, 0.15) is 18.5 Å². The molecule has 0 spiro atoms. The van der Waals surface area contributed by atoms with Gasteiger partial charge in [-0.3, -0.25) is 4.79 Å². The van der Waals surface area contributed by atoms with Crippen LogP contribution in [0.5, 0.6) is 5.75 Å². The average molecular weight is 409 g/mol. The molecule has 1 aliphatic rings. The van der Waals surface area contributed by atoms with Gasteiger partial charge in [-0.1, -0.05) is 12.1 Å². The van der Waals surface area contributed by atoms with Gasteiger partial charge in [0.15, 0.2) is 0 Å². The number of ether oxygens (including phenoxy) is 1. The maximum Gasteiger partial charge on any atom is 0.573 e. The molecular formula is C19H15F4N3O3. The monoisotopic (exact) mass is 409 g/mol. The van der Waals surface area contributed by atoms with Gasteiger partial charge in [0, 0.05) is 11.4 Å². The predicted molar refractivity (Wildman–Crippen MR) is 95.3 cm³/mol. The molecule has 3 rings (SSSR count). The first-order valence-corrected chi connectivity index (χ1v) is 8.33. The van der Waals surface area contributed by atoms with E-state index in [9.17, 15) is 27.2 Å². The lowest BCUT2D eigenvalue weighted by Crippen LogP contribution is -2.46. The highest BCUT2D eigenvalue weighted by Crippen LogP contribution is 2.29. The number of hydrogen-bond acceptors (Lipinski definition) is 3. The average Bonchev–Trinajstić information content (AvgIpc) is 2.61. The molecule has 1 atom stereocenters. The van der Waals surface area contributed by atoms with Crippen LogP contribution in [0.25, 0.3) is 0 Å². The Morgan fingerprint density at radius 1 is 1.14 bits per heavy atom. The first kappa shape index (κ1) is 20.2. The minimum atomic E-state index is -4.82. The third kappa shape index (κ3) is 5.03. The second-order valence-electron chi connectivity index (χ2n) is 6.15. The Kier molecular flexibility index (Phi) is 5.44. The number of amides is 3. The number of allylic oxidation sites excluding steroid dienone is 1. The summed E-state index contributed by atoms with van der Waals surface area (Å²) in [6.45, 7) is 1.51. The molecule has 1 heterocycles. The lowest BCUT2D eigenvalue weighted by Gasteiger charge is -2.28. The van der Waals surface area contributed by atoms with Crippen LogP contribution in [0.2, 0.25) is 0 Å². The lowest BCUT2D eigenvalue weighted by atomic mass is 9.94. The van der Waals surface area contributed by atoms with Crippen molar-refractivity contribution in [1.82, 2.24) is 10.6 Å². The van der Waals surface area contributed by atoms with Gasteiger partial charge >= 0.3 is 12.4 Å². The van der Waals surface area contributed by atoms with E-state index in [2.05, 4.69) is 20.7 Å².